The smallest absolute Gasteiger partial charge is 0.129 e. The summed E-state index contributed by atoms with van der Waals surface area (Å²) in [6.45, 7) is 4.52. The maximum Gasteiger partial charge on any atom is 0.129 e. The second-order valence-electron chi connectivity index (χ2n) is 6.55. The van der Waals surface area contributed by atoms with Gasteiger partial charge in [0.25, 0.3) is 0 Å². The second-order valence-corrected chi connectivity index (χ2v) is 6.55. The lowest BCUT2D eigenvalue weighted by Gasteiger charge is -2.51. The number of rotatable bonds is 5. The molecule has 1 aromatic carbocycles. The van der Waals surface area contributed by atoms with Gasteiger partial charge in [-0.25, -0.2) is 4.39 Å². The Balaban J connectivity index is 2.48. The molecule has 0 aliphatic heterocycles. The minimum absolute atomic E-state index is 0.326. The lowest BCUT2D eigenvalue weighted by molar-refractivity contribution is -0.120. The van der Waals surface area contributed by atoms with Crippen LogP contribution in [0.4, 0.5) is 4.39 Å². The fraction of sp³-hybridized carbons (Fsp3) is 0.667. The molecule has 0 saturated heterocycles. The van der Waals surface area contributed by atoms with E-state index in [1.807, 2.05) is 6.92 Å². The van der Waals surface area contributed by atoms with E-state index in [9.17, 15) is 9.50 Å². The van der Waals surface area contributed by atoms with Crippen LogP contribution in [0.15, 0.2) is 24.3 Å². The summed E-state index contributed by atoms with van der Waals surface area (Å²) in [6.07, 6.45) is 5.60. The van der Waals surface area contributed by atoms with Gasteiger partial charge in [-0.05, 0) is 31.2 Å². The van der Waals surface area contributed by atoms with Crippen LogP contribution < -0.4 is 5.73 Å². The highest BCUT2D eigenvalue weighted by molar-refractivity contribution is 5.28. The molecule has 1 saturated carbocycles. The predicted molar refractivity (Wildman–Crippen MR) is 84.3 cm³/mol. The molecule has 1 aliphatic rings. The maximum absolute atomic E-state index is 14.3. The number of benzene rings is 1. The topological polar surface area (TPSA) is 46.2 Å². The number of hydrogen-bond acceptors (Lipinski definition) is 2. The van der Waals surface area contributed by atoms with Crippen LogP contribution in [0.25, 0.3) is 0 Å². The summed E-state index contributed by atoms with van der Waals surface area (Å²) in [5, 5.41) is 11.4. The van der Waals surface area contributed by atoms with Crippen LogP contribution >= 0.6 is 0 Å². The van der Waals surface area contributed by atoms with E-state index in [-0.39, 0.29) is 5.82 Å². The standard InChI is InChI=1S/C18H28FNO/c1-3-14-8-7-11-17(12-14,13-20)18(21,4-2)15-9-5-6-10-16(15)19/h5-6,9-10,14,21H,3-4,7-8,11-13,20H2,1-2H3. The zero-order valence-corrected chi connectivity index (χ0v) is 13.2. The van der Waals surface area contributed by atoms with Gasteiger partial charge in [-0.2, -0.15) is 0 Å². The van der Waals surface area contributed by atoms with E-state index < -0.39 is 11.0 Å². The third-order valence-corrected chi connectivity index (χ3v) is 5.62. The quantitative estimate of drug-likeness (QED) is 0.863. The van der Waals surface area contributed by atoms with Gasteiger partial charge in [0, 0.05) is 17.5 Å². The average Bonchev–Trinajstić information content (AvgIpc) is 2.54. The Morgan fingerprint density at radius 3 is 2.67 bits per heavy atom. The van der Waals surface area contributed by atoms with Crippen molar-refractivity contribution in [3.63, 3.8) is 0 Å². The van der Waals surface area contributed by atoms with Gasteiger partial charge in [0.1, 0.15) is 5.82 Å². The first-order valence-corrected chi connectivity index (χ1v) is 8.20. The van der Waals surface area contributed by atoms with Crippen molar-refractivity contribution in [2.75, 3.05) is 6.54 Å². The van der Waals surface area contributed by atoms with Crippen LogP contribution in [0.5, 0.6) is 0 Å². The molecule has 2 nitrogen and oxygen atoms in total. The molecule has 1 fully saturated rings. The lowest BCUT2D eigenvalue weighted by Crippen LogP contribution is -2.53. The molecule has 3 atom stereocenters. The zero-order valence-electron chi connectivity index (χ0n) is 13.2. The highest BCUT2D eigenvalue weighted by Gasteiger charge is 2.52. The summed E-state index contributed by atoms with van der Waals surface area (Å²) in [4.78, 5) is 0. The minimum atomic E-state index is -1.18. The molecular weight excluding hydrogens is 265 g/mol. The molecule has 3 heteroatoms. The van der Waals surface area contributed by atoms with Crippen LogP contribution in [-0.2, 0) is 5.60 Å². The Morgan fingerprint density at radius 1 is 1.38 bits per heavy atom. The van der Waals surface area contributed by atoms with Crippen molar-refractivity contribution in [1.82, 2.24) is 0 Å². The van der Waals surface area contributed by atoms with Crippen molar-refractivity contribution in [2.45, 2.75) is 58.0 Å². The lowest BCUT2D eigenvalue weighted by atomic mass is 9.57. The number of halogens is 1. The fourth-order valence-corrected chi connectivity index (χ4v) is 4.21. The van der Waals surface area contributed by atoms with E-state index >= 15 is 0 Å². The fourth-order valence-electron chi connectivity index (χ4n) is 4.21. The minimum Gasteiger partial charge on any atom is -0.384 e. The van der Waals surface area contributed by atoms with Crippen molar-refractivity contribution >= 4 is 0 Å². The predicted octanol–water partition coefficient (Wildman–Crippen LogP) is 3.97. The summed E-state index contributed by atoms with van der Waals surface area (Å²) < 4.78 is 14.3. The molecule has 1 aromatic rings. The summed E-state index contributed by atoms with van der Waals surface area (Å²) >= 11 is 0. The molecule has 0 amide bonds. The van der Waals surface area contributed by atoms with E-state index in [2.05, 4.69) is 6.92 Å². The average molecular weight is 293 g/mol. The first kappa shape index (κ1) is 16.4. The highest BCUT2D eigenvalue weighted by atomic mass is 19.1. The van der Waals surface area contributed by atoms with Crippen molar-refractivity contribution in [3.05, 3.63) is 35.6 Å². The molecule has 1 aliphatic carbocycles. The SMILES string of the molecule is CCC1CCCC(CN)(C(O)(CC)c2ccccc2F)C1. The first-order valence-electron chi connectivity index (χ1n) is 8.20. The molecule has 0 heterocycles. The van der Waals surface area contributed by atoms with Gasteiger partial charge >= 0.3 is 0 Å². The third-order valence-electron chi connectivity index (χ3n) is 5.62. The molecule has 3 N–H and O–H groups in total. The van der Waals surface area contributed by atoms with Gasteiger partial charge in [0.15, 0.2) is 0 Å². The molecule has 21 heavy (non-hydrogen) atoms. The molecule has 0 bridgehead atoms. The van der Waals surface area contributed by atoms with Crippen LogP contribution in [0.2, 0.25) is 0 Å². The second kappa shape index (κ2) is 6.45. The Bertz CT molecular complexity index is 478. The molecule has 0 aromatic heterocycles. The number of hydrogen-bond donors (Lipinski definition) is 2. The van der Waals surface area contributed by atoms with E-state index in [1.165, 1.54) is 12.5 Å². The molecule has 0 radical (unpaired) electrons. The Morgan fingerprint density at radius 2 is 2.10 bits per heavy atom. The van der Waals surface area contributed by atoms with Gasteiger partial charge in [0.2, 0.25) is 0 Å². The third kappa shape index (κ3) is 2.74. The first-order chi connectivity index (χ1) is 10.0. The number of aliphatic hydroxyl groups is 1. The van der Waals surface area contributed by atoms with Crippen molar-refractivity contribution < 1.29 is 9.50 Å². The van der Waals surface area contributed by atoms with E-state index in [0.29, 0.717) is 24.4 Å². The summed E-state index contributed by atoms with van der Waals surface area (Å²) in [7, 11) is 0. The van der Waals surface area contributed by atoms with E-state index in [4.69, 9.17) is 5.73 Å². The monoisotopic (exact) mass is 293 g/mol. The van der Waals surface area contributed by atoms with Crippen LogP contribution in [0.3, 0.4) is 0 Å². The Kier molecular flexibility index (Phi) is 5.05. The largest absolute Gasteiger partial charge is 0.384 e. The Hall–Kier alpha value is -0.930. The van der Waals surface area contributed by atoms with Gasteiger partial charge in [0.05, 0.1) is 5.60 Å². The van der Waals surface area contributed by atoms with Gasteiger partial charge in [-0.3, -0.25) is 0 Å². The van der Waals surface area contributed by atoms with Crippen LogP contribution in [0, 0.1) is 17.2 Å². The molecular formula is C18H28FNO. The highest BCUT2D eigenvalue weighted by Crippen LogP contribution is 2.53. The van der Waals surface area contributed by atoms with E-state index in [1.54, 1.807) is 18.2 Å². The van der Waals surface area contributed by atoms with E-state index in [0.717, 1.165) is 25.7 Å². The van der Waals surface area contributed by atoms with Gasteiger partial charge in [-0.1, -0.05) is 51.3 Å². The van der Waals surface area contributed by atoms with Crippen molar-refractivity contribution in [3.8, 4) is 0 Å². The summed E-state index contributed by atoms with van der Waals surface area (Å²) in [6, 6.07) is 6.61. The van der Waals surface area contributed by atoms with Crippen molar-refractivity contribution in [1.29, 1.82) is 0 Å². The Labute approximate surface area is 127 Å². The summed E-state index contributed by atoms with van der Waals surface area (Å²) in [5.74, 6) is 0.250. The molecule has 118 valence electrons. The van der Waals surface area contributed by atoms with Crippen molar-refractivity contribution in [2.24, 2.45) is 17.1 Å². The van der Waals surface area contributed by atoms with Crippen LogP contribution in [-0.4, -0.2) is 11.7 Å². The molecule has 0 spiro atoms. The van der Waals surface area contributed by atoms with Crippen LogP contribution in [0.1, 0.15) is 57.9 Å². The zero-order chi connectivity index (χ0) is 15.5. The molecule has 2 rings (SSSR count). The van der Waals surface area contributed by atoms with Gasteiger partial charge < -0.3 is 10.8 Å². The maximum atomic E-state index is 14.3. The summed E-state index contributed by atoms with van der Waals surface area (Å²) in [5.41, 5.74) is 4.94. The molecule has 3 unspecified atom stereocenters. The van der Waals surface area contributed by atoms with Gasteiger partial charge in [-0.15, -0.1) is 0 Å². The normalized spacial score (nSPS) is 29.1. The number of nitrogens with two attached hydrogens (primary N) is 1.